The monoisotopic (exact) mass is 210 g/mol. The first-order chi connectivity index (χ1) is 6.87. The summed E-state index contributed by atoms with van der Waals surface area (Å²) < 4.78 is 0. The van der Waals surface area contributed by atoms with Crippen LogP contribution in [0.25, 0.3) is 0 Å². The first kappa shape index (κ1) is 8.46. The van der Waals surface area contributed by atoms with Gasteiger partial charge in [0, 0.05) is 17.6 Å². The predicted octanol–water partition coefficient (Wildman–Crippen LogP) is 1.45. The number of hydrogen-bond acceptors (Lipinski definition) is 1. The fourth-order valence-electron chi connectivity index (χ4n) is 5.07. The lowest BCUT2D eigenvalue weighted by Gasteiger charge is -2.57. The van der Waals surface area contributed by atoms with Crippen molar-refractivity contribution in [2.24, 2.45) is 23.7 Å². The summed E-state index contributed by atoms with van der Waals surface area (Å²) in [5.74, 6) is 5.87. The summed E-state index contributed by atoms with van der Waals surface area (Å²) in [5.41, 5.74) is 0. The molecule has 0 atom stereocenters. The third-order valence-corrected chi connectivity index (χ3v) is 7.12. The Kier molecular flexibility index (Phi) is 1.63. The molecule has 2 heteroatoms. The van der Waals surface area contributed by atoms with Gasteiger partial charge in [0.15, 0.2) is 0 Å². The van der Waals surface area contributed by atoms with Crippen molar-refractivity contribution >= 4 is 11.8 Å². The van der Waals surface area contributed by atoms with Crippen LogP contribution in [0.3, 0.4) is 0 Å². The number of thioether (sulfide) groups is 1. The van der Waals surface area contributed by atoms with Gasteiger partial charge in [0.1, 0.15) is 4.87 Å². The van der Waals surface area contributed by atoms with E-state index in [0.29, 0.717) is 4.87 Å². The molecule has 0 aromatic rings. The van der Waals surface area contributed by atoms with Crippen molar-refractivity contribution in [2.45, 2.75) is 37.0 Å². The Labute approximate surface area is 90.4 Å². The molecule has 2 N–H and O–H groups in total. The van der Waals surface area contributed by atoms with Crippen LogP contribution in [0.15, 0.2) is 0 Å². The average molecular weight is 210 g/mol. The van der Waals surface area contributed by atoms with Crippen molar-refractivity contribution in [3.8, 4) is 0 Å². The van der Waals surface area contributed by atoms with Gasteiger partial charge in [-0.2, -0.15) is 0 Å². The fourth-order valence-corrected chi connectivity index (χ4v) is 6.75. The zero-order chi connectivity index (χ0) is 9.17. The van der Waals surface area contributed by atoms with Crippen LogP contribution in [0, 0.1) is 23.7 Å². The molecule has 4 bridgehead atoms. The minimum atomic E-state index is 0.688. The molecule has 0 aromatic heterocycles. The maximum absolute atomic E-state index is 2.73. The van der Waals surface area contributed by atoms with Crippen molar-refractivity contribution in [3.63, 3.8) is 0 Å². The van der Waals surface area contributed by atoms with Crippen LogP contribution in [0.1, 0.15) is 32.1 Å². The third-order valence-electron chi connectivity index (χ3n) is 5.35. The maximum Gasteiger partial charge on any atom is 0.148 e. The fraction of sp³-hybridized carbons (Fsp3) is 1.00. The van der Waals surface area contributed by atoms with Crippen LogP contribution < -0.4 is 5.32 Å². The molecule has 0 radical (unpaired) electrons. The van der Waals surface area contributed by atoms with Crippen molar-refractivity contribution in [1.29, 1.82) is 0 Å². The molecule has 1 nitrogen and oxygen atoms in total. The molecule has 5 fully saturated rings. The van der Waals surface area contributed by atoms with Gasteiger partial charge in [0.25, 0.3) is 0 Å². The topological polar surface area (TPSA) is 16.6 Å². The molecule has 0 amide bonds. The molecule has 78 valence electrons. The van der Waals surface area contributed by atoms with E-state index in [2.05, 4.69) is 17.1 Å². The Hall–Kier alpha value is 0.310. The lowest BCUT2D eigenvalue weighted by molar-refractivity contribution is -0.713. The van der Waals surface area contributed by atoms with Gasteiger partial charge >= 0.3 is 0 Å². The zero-order valence-corrected chi connectivity index (χ0v) is 9.56. The van der Waals surface area contributed by atoms with Gasteiger partial charge in [-0.15, -0.1) is 0 Å². The van der Waals surface area contributed by atoms with Crippen LogP contribution in [-0.4, -0.2) is 17.2 Å². The highest BCUT2D eigenvalue weighted by Crippen LogP contribution is 2.60. The minimum Gasteiger partial charge on any atom is -0.332 e. The summed E-state index contributed by atoms with van der Waals surface area (Å²) in [7, 11) is 0. The molecule has 4 saturated carbocycles. The van der Waals surface area contributed by atoms with E-state index in [0.717, 1.165) is 23.7 Å². The molecular weight excluding hydrogens is 190 g/mol. The summed E-state index contributed by atoms with van der Waals surface area (Å²) in [6.07, 6.45) is 7.91. The first-order valence-electron chi connectivity index (χ1n) is 6.35. The molecular formula is C12H20NS+. The highest BCUT2D eigenvalue weighted by molar-refractivity contribution is 8.00. The van der Waals surface area contributed by atoms with Crippen molar-refractivity contribution in [2.75, 3.05) is 12.3 Å². The van der Waals surface area contributed by atoms with Gasteiger partial charge in [0.05, 0.1) is 6.54 Å². The average Bonchev–Trinajstić information content (AvgIpc) is 2.63. The van der Waals surface area contributed by atoms with Gasteiger partial charge in [-0.25, -0.2) is 0 Å². The Balaban J connectivity index is 1.73. The zero-order valence-electron chi connectivity index (χ0n) is 8.74. The van der Waals surface area contributed by atoms with Gasteiger partial charge in [0.2, 0.25) is 0 Å². The van der Waals surface area contributed by atoms with Crippen molar-refractivity contribution in [3.05, 3.63) is 0 Å². The van der Waals surface area contributed by atoms with Crippen LogP contribution >= 0.6 is 11.8 Å². The highest BCUT2D eigenvalue weighted by atomic mass is 32.2. The van der Waals surface area contributed by atoms with E-state index < -0.39 is 0 Å². The second-order valence-corrected chi connectivity index (χ2v) is 7.40. The van der Waals surface area contributed by atoms with Crippen molar-refractivity contribution < 1.29 is 5.32 Å². The summed E-state index contributed by atoms with van der Waals surface area (Å²) in [6.45, 7) is 1.40. The SMILES string of the molecule is C1CSC2([NH2+]1)C1CC3CC(C1)CC2C3. The Morgan fingerprint density at radius 1 is 0.929 bits per heavy atom. The molecule has 1 saturated heterocycles. The highest BCUT2D eigenvalue weighted by Gasteiger charge is 2.61. The van der Waals surface area contributed by atoms with Gasteiger partial charge in [-0.1, -0.05) is 11.8 Å². The van der Waals surface area contributed by atoms with E-state index >= 15 is 0 Å². The molecule has 5 aliphatic rings. The van der Waals surface area contributed by atoms with Gasteiger partial charge < -0.3 is 5.32 Å². The van der Waals surface area contributed by atoms with Crippen LogP contribution in [0.2, 0.25) is 0 Å². The van der Waals surface area contributed by atoms with E-state index in [9.17, 15) is 0 Å². The standard InChI is InChI=1S/C12H19NS/c1-2-14-12(13-1)10-4-8-3-9(6-10)7-11(12)5-8/h8-11,13H,1-7H2/p+1. The molecule has 4 aliphatic carbocycles. The first-order valence-corrected chi connectivity index (χ1v) is 7.34. The molecule has 1 spiro atoms. The molecule has 1 aliphatic heterocycles. The largest absolute Gasteiger partial charge is 0.332 e. The molecule has 0 unspecified atom stereocenters. The minimum absolute atomic E-state index is 0.688. The van der Waals surface area contributed by atoms with Crippen LogP contribution in [-0.2, 0) is 0 Å². The van der Waals surface area contributed by atoms with Crippen molar-refractivity contribution in [1.82, 2.24) is 0 Å². The second kappa shape index (κ2) is 2.70. The number of nitrogens with two attached hydrogens (primary N) is 1. The summed E-state index contributed by atoms with van der Waals surface area (Å²) in [6, 6.07) is 0. The van der Waals surface area contributed by atoms with Crippen LogP contribution in [0.5, 0.6) is 0 Å². The third kappa shape index (κ3) is 0.923. The molecule has 1 heterocycles. The Bertz CT molecular complexity index is 227. The lowest BCUT2D eigenvalue weighted by atomic mass is 9.54. The molecule has 0 aromatic carbocycles. The Morgan fingerprint density at radius 2 is 1.57 bits per heavy atom. The van der Waals surface area contributed by atoms with Crippen LogP contribution in [0.4, 0.5) is 0 Å². The van der Waals surface area contributed by atoms with E-state index in [1.54, 1.807) is 32.1 Å². The normalized spacial score (nSPS) is 60.0. The number of hydrogen-bond donors (Lipinski definition) is 1. The van der Waals surface area contributed by atoms with E-state index in [4.69, 9.17) is 0 Å². The lowest BCUT2D eigenvalue weighted by Crippen LogP contribution is -2.98. The quantitative estimate of drug-likeness (QED) is 0.640. The molecule has 14 heavy (non-hydrogen) atoms. The second-order valence-electron chi connectivity index (χ2n) is 6.00. The number of quaternary nitrogens is 1. The number of rotatable bonds is 0. The molecule has 5 rings (SSSR count). The Morgan fingerprint density at radius 3 is 2.07 bits per heavy atom. The predicted molar refractivity (Wildman–Crippen MR) is 59.0 cm³/mol. The van der Waals surface area contributed by atoms with Gasteiger partial charge in [-0.3, -0.25) is 0 Å². The van der Waals surface area contributed by atoms with E-state index in [1.807, 2.05) is 0 Å². The summed E-state index contributed by atoms with van der Waals surface area (Å²) in [4.78, 5) is 0.688. The summed E-state index contributed by atoms with van der Waals surface area (Å²) >= 11 is 2.32. The van der Waals surface area contributed by atoms with E-state index in [1.165, 1.54) is 12.3 Å². The van der Waals surface area contributed by atoms with E-state index in [-0.39, 0.29) is 0 Å². The van der Waals surface area contributed by atoms with Gasteiger partial charge in [-0.05, 0) is 43.9 Å². The smallest absolute Gasteiger partial charge is 0.148 e. The maximum atomic E-state index is 2.73. The summed E-state index contributed by atoms with van der Waals surface area (Å²) in [5, 5.41) is 2.73.